The molecule has 4 heteroatoms. The number of hydrogen-bond donors (Lipinski definition) is 0. The number of aromatic nitrogens is 2. The van der Waals surface area contributed by atoms with Crippen molar-refractivity contribution in [3.8, 4) is 5.75 Å². The Morgan fingerprint density at radius 2 is 1.72 bits per heavy atom. The van der Waals surface area contributed by atoms with Crippen LogP contribution in [0.15, 0.2) is 61.2 Å². The van der Waals surface area contributed by atoms with Crippen LogP contribution >= 0.6 is 0 Å². The Morgan fingerprint density at radius 1 is 0.966 bits per heavy atom. The van der Waals surface area contributed by atoms with Crippen LogP contribution in [-0.2, 0) is 19.5 Å². The monoisotopic (exact) mass is 389 g/mol. The lowest BCUT2D eigenvalue weighted by Crippen LogP contribution is -2.26. The lowest BCUT2D eigenvalue weighted by atomic mass is 10.1. The number of fused-ring (bicyclic) bond motifs is 1. The quantitative estimate of drug-likeness (QED) is 0.495. The van der Waals surface area contributed by atoms with Gasteiger partial charge in [-0.05, 0) is 56.1 Å². The summed E-state index contributed by atoms with van der Waals surface area (Å²) in [7, 11) is 0. The van der Waals surface area contributed by atoms with E-state index < -0.39 is 0 Å². The molecule has 3 aromatic rings. The molecule has 0 N–H and O–H groups in total. The third-order valence-corrected chi connectivity index (χ3v) is 5.71. The van der Waals surface area contributed by atoms with Crippen molar-refractivity contribution in [1.29, 1.82) is 0 Å². The first-order valence-corrected chi connectivity index (χ1v) is 10.8. The lowest BCUT2D eigenvalue weighted by molar-refractivity contribution is 0.258. The number of imidazole rings is 1. The fourth-order valence-electron chi connectivity index (χ4n) is 4.21. The number of allylic oxidation sites excluding steroid dienone is 1. The van der Waals surface area contributed by atoms with Crippen LogP contribution in [0.3, 0.4) is 0 Å². The molecule has 0 atom stereocenters. The van der Waals surface area contributed by atoms with Gasteiger partial charge in [-0.25, -0.2) is 4.98 Å². The molecule has 0 spiro atoms. The molecule has 4 nitrogen and oxygen atoms in total. The summed E-state index contributed by atoms with van der Waals surface area (Å²) >= 11 is 0. The highest BCUT2D eigenvalue weighted by Gasteiger charge is 2.16. The van der Waals surface area contributed by atoms with Crippen LogP contribution in [0.2, 0.25) is 0 Å². The number of rotatable bonds is 8. The zero-order valence-corrected chi connectivity index (χ0v) is 17.2. The maximum atomic E-state index is 6.17. The van der Waals surface area contributed by atoms with E-state index in [1.54, 1.807) is 0 Å². The summed E-state index contributed by atoms with van der Waals surface area (Å²) < 4.78 is 8.51. The summed E-state index contributed by atoms with van der Waals surface area (Å²) in [4.78, 5) is 7.52. The number of likely N-dealkylation sites (tertiary alicyclic amines) is 1. The van der Waals surface area contributed by atoms with Crippen LogP contribution in [0.5, 0.6) is 5.75 Å². The summed E-state index contributed by atoms with van der Waals surface area (Å²) in [6.45, 7) is 8.55. The van der Waals surface area contributed by atoms with Gasteiger partial charge < -0.3 is 9.30 Å². The van der Waals surface area contributed by atoms with E-state index in [4.69, 9.17) is 9.72 Å². The van der Waals surface area contributed by atoms with Gasteiger partial charge in [0.25, 0.3) is 0 Å². The summed E-state index contributed by atoms with van der Waals surface area (Å²) in [5, 5.41) is 0. The third kappa shape index (κ3) is 4.88. The van der Waals surface area contributed by atoms with Gasteiger partial charge in [0.2, 0.25) is 0 Å². The summed E-state index contributed by atoms with van der Waals surface area (Å²) in [5.74, 6) is 2.10. The predicted octanol–water partition coefficient (Wildman–Crippen LogP) is 5.22. The zero-order valence-electron chi connectivity index (χ0n) is 17.2. The van der Waals surface area contributed by atoms with Gasteiger partial charge in [-0.2, -0.15) is 0 Å². The van der Waals surface area contributed by atoms with E-state index in [2.05, 4.69) is 46.4 Å². The van der Waals surface area contributed by atoms with Gasteiger partial charge in [-0.1, -0.05) is 49.2 Å². The van der Waals surface area contributed by atoms with Crippen LogP contribution in [0.1, 0.15) is 37.1 Å². The van der Waals surface area contributed by atoms with E-state index in [0.717, 1.165) is 36.6 Å². The average molecular weight is 390 g/mol. The first-order valence-electron chi connectivity index (χ1n) is 10.8. The molecule has 1 aliphatic rings. The standard InChI is InChI=1S/C25H31N3O/c1-2-11-21-12-5-8-15-24(21)29-19-18-28-23-14-7-6-13-22(23)26-25(28)20-27-16-9-3-4-10-17-27/h2,5-8,12-15H,1,3-4,9-11,16-20H2. The molecule has 152 valence electrons. The summed E-state index contributed by atoms with van der Waals surface area (Å²) in [5.41, 5.74) is 3.45. The molecular formula is C25H31N3O. The lowest BCUT2D eigenvalue weighted by Gasteiger charge is -2.20. The van der Waals surface area contributed by atoms with E-state index in [-0.39, 0.29) is 0 Å². The van der Waals surface area contributed by atoms with Gasteiger partial charge in [-0.3, -0.25) is 4.90 Å². The average Bonchev–Trinajstić information content (AvgIpc) is 2.89. The summed E-state index contributed by atoms with van der Waals surface area (Å²) in [6.07, 6.45) is 8.04. The van der Waals surface area contributed by atoms with Crippen LogP contribution in [0.25, 0.3) is 11.0 Å². The normalized spacial score (nSPS) is 15.3. The molecule has 0 bridgehead atoms. The maximum Gasteiger partial charge on any atom is 0.124 e. The van der Waals surface area contributed by atoms with E-state index in [1.807, 2.05) is 24.3 Å². The van der Waals surface area contributed by atoms with Crippen LogP contribution in [0, 0.1) is 0 Å². The van der Waals surface area contributed by atoms with Crippen molar-refractivity contribution in [3.63, 3.8) is 0 Å². The van der Waals surface area contributed by atoms with Gasteiger partial charge in [0.1, 0.15) is 18.2 Å². The van der Waals surface area contributed by atoms with Crippen molar-refractivity contribution in [3.05, 3.63) is 72.6 Å². The predicted molar refractivity (Wildman–Crippen MR) is 119 cm³/mol. The van der Waals surface area contributed by atoms with Crippen molar-refractivity contribution in [2.75, 3.05) is 19.7 Å². The number of benzene rings is 2. The van der Waals surface area contributed by atoms with Crippen molar-refractivity contribution in [2.24, 2.45) is 0 Å². The Morgan fingerprint density at radius 3 is 2.55 bits per heavy atom. The zero-order chi connectivity index (χ0) is 19.9. The van der Waals surface area contributed by atoms with Crippen LogP contribution in [-0.4, -0.2) is 34.1 Å². The molecule has 4 rings (SSSR count). The Bertz CT molecular complexity index is 938. The number of para-hydroxylation sites is 3. The SMILES string of the molecule is C=CCc1ccccc1OCCn1c(CN2CCCCCC2)nc2ccccc21. The molecule has 0 radical (unpaired) electrons. The highest BCUT2D eigenvalue weighted by Crippen LogP contribution is 2.21. The van der Waals surface area contributed by atoms with Crippen molar-refractivity contribution < 1.29 is 4.74 Å². The highest BCUT2D eigenvalue weighted by atomic mass is 16.5. The Kier molecular flexibility index (Phi) is 6.63. The van der Waals surface area contributed by atoms with Gasteiger partial charge in [0.15, 0.2) is 0 Å². The molecule has 0 unspecified atom stereocenters. The molecule has 0 saturated carbocycles. The second-order valence-electron chi connectivity index (χ2n) is 7.81. The van der Waals surface area contributed by atoms with Crippen molar-refractivity contribution >= 4 is 11.0 Å². The second-order valence-corrected chi connectivity index (χ2v) is 7.81. The Hall–Kier alpha value is -2.59. The first-order chi connectivity index (χ1) is 14.3. The van der Waals surface area contributed by atoms with Gasteiger partial charge in [0.05, 0.1) is 24.1 Å². The molecule has 2 heterocycles. The van der Waals surface area contributed by atoms with Gasteiger partial charge in [0, 0.05) is 0 Å². The molecule has 2 aromatic carbocycles. The second kappa shape index (κ2) is 9.75. The highest BCUT2D eigenvalue weighted by molar-refractivity contribution is 5.75. The minimum Gasteiger partial charge on any atom is -0.491 e. The van der Waals surface area contributed by atoms with Crippen LogP contribution < -0.4 is 4.74 Å². The maximum absolute atomic E-state index is 6.17. The number of nitrogens with zero attached hydrogens (tertiary/aromatic N) is 3. The fraction of sp³-hybridized carbons (Fsp3) is 0.400. The molecule has 29 heavy (non-hydrogen) atoms. The molecule has 1 saturated heterocycles. The largest absolute Gasteiger partial charge is 0.491 e. The first kappa shape index (κ1) is 19.7. The van der Waals surface area contributed by atoms with E-state index in [1.165, 1.54) is 49.9 Å². The topological polar surface area (TPSA) is 30.3 Å². The molecule has 1 aliphatic heterocycles. The molecule has 1 fully saturated rings. The Balaban J connectivity index is 1.50. The molecule has 0 aliphatic carbocycles. The summed E-state index contributed by atoms with van der Waals surface area (Å²) in [6, 6.07) is 16.7. The van der Waals surface area contributed by atoms with Crippen molar-refractivity contribution in [2.45, 2.75) is 45.2 Å². The van der Waals surface area contributed by atoms with E-state index in [9.17, 15) is 0 Å². The van der Waals surface area contributed by atoms with E-state index >= 15 is 0 Å². The van der Waals surface area contributed by atoms with Gasteiger partial charge in [-0.15, -0.1) is 6.58 Å². The minimum atomic E-state index is 0.626. The smallest absolute Gasteiger partial charge is 0.124 e. The Labute approximate surface area is 173 Å². The number of hydrogen-bond acceptors (Lipinski definition) is 3. The molecular weight excluding hydrogens is 358 g/mol. The number of ether oxygens (including phenoxy) is 1. The van der Waals surface area contributed by atoms with Gasteiger partial charge >= 0.3 is 0 Å². The van der Waals surface area contributed by atoms with Crippen molar-refractivity contribution in [1.82, 2.24) is 14.5 Å². The fourth-order valence-corrected chi connectivity index (χ4v) is 4.21. The molecule has 0 amide bonds. The third-order valence-electron chi connectivity index (χ3n) is 5.71. The molecule has 1 aromatic heterocycles. The minimum absolute atomic E-state index is 0.626. The van der Waals surface area contributed by atoms with E-state index in [0.29, 0.717) is 6.61 Å². The van der Waals surface area contributed by atoms with Crippen LogP contribution in [0.4, 0.5) is 0 Å².